The number of carboxylic acid groups (broad SMARTS) is 1. The number of rotatable bonds is 10. The molecule has 0 aliphatic heterocycles. The number of ether oxygens (including phenoxy) is 2. The molecule has 29 heavy (non-hydrogen) atoms. The summed E-state index contributed by atoms with van der Waals surface area (Å²) >= 11 is 0. The van der Waals surface area contributed by atoms with Crippen LogP contribution in [-0.4, -0.2) is 43.4 Å². The number of unbranched alkanes of at least 4 members (excludes halogenated alkanes) is 1. The molecule has 7 heteroatoms. The molecule has 0 aliphatic carbocycles. The van der Waals surface area contributed by atoms with Crippen LogP contribution in [0.1, 0.15) is 63.4 Å². The van der Waals surface area contributed by atoms with Crippen LogP contribution >= 0.6 is 0 Å². The van der Waals surface area contributed by atoms with Crippen LogP contribution in [0, 0.1) is 11.3 Å². The van der Waals surface area contributed by atoms with Crippen molar-refractivity contribution in [1.29, 1.82) is 5.26 Å². The van der Waals surface area contributed by atoms with Crippen LogP contribution in [0.2, 0.25) is 0 Å². The lowest BCUT2D eigenvalue weighted by molar-refractivity contribution is -0.123. The number of aromatic carboxylic acids is 1. The van der Waals surface area contributed by atoms with Crippen molar-refractivity contribution in [2.24, 2.45) is 0 Å². The van der Waals surface area contributed by atoms with Gasteiger partial charge in [-0.2, -0.15) is 5.26 Å². The van der Waals surface area contributed by atoms with Crippen molar-refractivity contribution in [1.82, 2.24) is 5.32 Å². The highest BCUT2D eigenvalue weighted by molar-refractivity contribution is 5.88. The Morgan fingerprint density at radius 1 is 1.10 bits per heavy atom. The molecule has 1 aromatic rings. The molecule has 0 atom stereocenters. The van der Waals surface area contributed by atoms with E-state index in [1.165, 1.54) is 31.1 Å². The molecule has 0 unspecified atom stereocenters. The van der Waals surface area contributed by atoms with Gasteiger partial charge in [-0.25, -0.2) is 4.79 Å². The highest BCUT2D eigenvalue weighted by atomic mass is 16.7. The van der Waals surface area contributed by atoms with Gasteiger partial charge in [0, 0.05) is 19.3 Å². The number of carbonyl (C=O) groups is 2. The lowest BCUT2D eigenvalue weighted by atomic mass is 10.1. The zero-order chi connectivity index (χ0) is 22.5. The van der Waals surface area contributed by atoms with Gasteiger partial charge in [0.15, 0.2) is 6.29 Å². The van der Waals surface area contributed by atoms with Gasteiger partial charge in [0.1, 0.15) is 6.29 Å². The molecule has 0 saturated heterocycles. The van der Waals surface area contributed by atoms with Gasteiger partial charge in [0.25, 0.3) is 0 Å². The lowest BCUT2D eigenvalue weighted by Gasteiger charge is -2.09. The molecule has 1 rings (SSSR count). The summed E-state index contributed by atoms with van der Waals surface area (Å²) in [5.41, 5.74) is 1.30. The first-order chi connectivity index (χ1) is 13.9. The highest BCUT2D eigenvalue weighted by Gasteiger charge is 2.04. The van der Waals surface area contributed by atoms with Crippen molar-refractivity contribution in [2.75, 3.05) is 19.8 Å². The second-order valence-electron chi connectivity index (χ2n) is 5.60. The van der Waals surface area contributed by atoms with Gasteiger partial charge in [0.05, 0.1) is 23.9 Å². The van der Waals surface area contributed by atoms with Crippen LogP contribution in [0.15, 0.2) is 30.3 Å². The zero-order valence-electron chi connectivity index (χ0n) is 18.1. The summed E-state index contributed by atoms with van der Waals surface area (Å²) in [6.07, 6.45) is 4.54. The first kappa shape index (κ1) is 28.5. The van der Waals surface area contributed by atoms with Gasteiger partial charge in [-0.3, -0.25) is 0 Å². The quantitative estimate of drug-likeness (QED) is 0.340. The summed E-state index contributed by atoms with van der Waals surface area (Å²) < 4.78 is 10.1. The van der Waals surface area contributed by atoms with E-state index in [0.717, 1.165) is 13.2 Å². The summed E-state index contributed by atoms with van der Waals surface area (Å²) in [7, 11) is 0. The Kier molecular flexibility index (Phi) is 19.7. The second-order valence-corrected chi connectivity index (χ2v) is 5.60. The maximum atomic E-state index is 10.7. The van der Waals surface area contributed by atoms with Gasteiger partial charge >= 0.3 is 5.97 Å². The van der Waals surface area contributed by atoms with Crippen LogP contribution in [-0.2, 0) is 14.3 Å². The Morgan fingerprint density at radius 3 is 1.93 bits per heavy atom. The normalized spacial score (nSPS) is 10.0. The van der Waals surface area contributed by atoms with Crippen molar-refractivity contribution in [3.05, 3.63) is 41.5 Å². The van der Waals surface area contributed by atoms with E-state index in [2.05, 4.69) is 19.2 Å². The fourth-order valence-corrected chi connectivity index (χ4v) is 1.76. The molecular weight excluding hydrogens is 372 g/mol. The predicted molar refractivity (Wildman–Crippen MR) is 114 cm³/mol. The molecule has 0 amide bonds. The van der Waals surface area contributed by atoms with Crippen molar-refractivity contribution in [3.63, 3.8) is 0 Å². The minimum atomic E-state index is -1.01. The summed E-state index contributed by atoms with van der Waals surface area (Å²) in [6, 6.07) is 7.88. The molecule has 0 saturated carbocycles. The maximum absolute atomic E-state index is 10.7. The van der Waals surface area contributed by atoms with Crippen molar-refractivity contribution in [2.45, 2.75) is 53.8 Å². The van der Waals surface area contributed by atoms with E-state index in [1.54, 1.807) is 12.1 Å². The van der Waals surface area contributed by atoms with E-state index in [9.17, 15) is 9.59 Å². The molecule has 0 fully saturated rings. The molecule has 7 nitrogen and oxygen atoms in total. The molecule has 0 spiro atoms. The molecule has 1 aromatic carbocycles. The van der Waals surface area contributed by atoms with Crippen LogP contribution in [0.5, 0.6) is 0 Å². The Balaban J connectivity index is 0. The minimum absolute atomic E-state index is 0.0370. The Labute approximate surface area is 174 Å². The van der Waals surface area contributed by atoms with E-state index in [4.69, 9.17) is 19.8 Å². The summed E-state index contributed by atoms with van der Waals surface area (Å²) in [4.78, 5) is 20.9. The third-order valence-corrected chi connectivity index (χ3v) is 3.33. The standard InChI is InChI=1S/C12H10N2O3.C6H14O2.C4H10/c13-6-5-11(14-7-8-15)9-1-3-10(4-2-9)12(16)17;1-4-7-6(3)8-5-2;1-3-4-2/h1-5,8,14H,7H2,(H,16,17);6H,4-5H2,1-3H3;3-4H2,1-2H3/b11-5-;;. The Hall–Kier alpha value is -2.69. The predicted octanol–water partition coefficient (Wildman–Crippen LogP) is 4.25. The molecule has 0 heterocycles. The van der Waals surface area contributed by atoms with Gasteiger partial charge in [0.2, 0.25) is 0 Å². The van der Waals surface area contributed by atoms with Crippen LogP contribution in [0.4, 0.5) is 0 Å². The van der Waals surface area contributed by atoms with Crippen molar-refractivity contribution >= 4 is 18.0 Å². The number of aldehydes is 1. The average Bonchev–Trinajstić information content (AvgIpc) is 2.72. The molecule has 0 radical (unpaired) electrons. The van der Waals surface area contributed by atoms with Crippen molar-refractivity contribution < 1.29 is 24.2 Å². The van der Waals surface area contributed by atoms with Gasteiger partial charge < -0.3 is 24.7 Å². The number of hydrogen-bond donors (Lipinski definition) is 2. The number of nitriles is 1. The molecule has 162 valence electrons. The number of carbonyl (C=O) groups excluding carboxylic acids is 1. The summed E-state index contributed by atoms with van der Waals surface area (Å²) in [5, 5.41) is 20.1. The Morgan fingerprint density at radius 2 is 1.59 bits per heavy atom. The first-order valence-corrected chi connectivity index (χ1v) is 9.75. The third kappa shape index (κ3) is 16.0. The topological polar surface area (TPSA) is 109 Å². The van der Waals surface area contributed by atoms with E-state index < -0.39 is 5.97 Å². The SMILES string of the molecule is CCCC.CCOC(C)OCC.N#C/C=C(\NCC=O)c1ccc(C(=O)O)cc1. The Bertz CT molecular complexity index is 613. The average molecular weight is 407 g/mol. The van der Waals surface area contributed by atoms with Crippen molar-refractivity contribution in [3.8, 4) is 6.07 Å². The number of nitrogens with one attached hydrogen (secondary N) is 1. The smallest absolute Gasteiger partial charge is 0.335 e. The van der Waals surface area contributed by atoms with Gasteiger partial charge in [-0.15, -0.1) is 0 Å². The number of nitrogens with zero attached hydrogens (tertiary/aromatic N) is 1. The molecule has 0 bridgehead atoms. The fourth-order valence-electron chi connectivity index (χ4n) is 1.76. The van der Waals surface area contributed by atoms with Crippen LogP contribution in [0.25, 0.3) is 5.70 Å². The van der Waals surface area contributed by atoms with Crippen LogP contribution < -0.4 is 5.32 Å². The number of carboxylic acids is 1. The fraction of sp³-hybridized carbons (Fsp3) is 0.500. The summed E-state index contributed by atoms with van der Waals surface area (Å²) in [5.74, 6) is -1.01. The number of hydrogen-bond acceptors (Lipinski definition) is 6. The first-order valence-electron chi connectivity index (χ1n) is 9.75. The molecule has 2 N–H and O–H groups in total. The van der Waals surface area contributed by atoms with Gasteiger partial charge in [-0.05, 0) is 38.5 Å². The second kappa shape index (κ2) is 20.1. The van der Waals surface area contributed by atoms with Crippen LogP contribution in [0.3, 0.4) is 0 Å². The monoisotopic (exact) mass is 406 g/mol. The van der Waals surface area contributed by atoms with E-state index in [1.807, 2.05) is 26.8 Å². The summed E-state index contributed by atoms with van der Waals surface area (Å²) in [6.45, 7) is 11.7. The molecule has 0 aromatic heterocycles. The van der Waals surface area contributed by atoms with Gasteiger partial charge in [-0.1, -0.05) is 38.8 Å². The highest BCUT2D eigenvalue weighted by Crippen LogP contribution is 2.12. The number of benzene rings is 1. The van der Waals surface area contributed by atoms with E-state index in [-0.39, 0.29) is 18.4 Å². The van der Waals surface area contributed by atoms with E-state index in [0.29, 0.717) is 17.5 Å². The maximum Gasteiger partial charge on any atom is 0.335 e. The van der Waals surface area contributed by atoms with E-state index >= 15 is 0 Å². The number of allylic oxidation sites excluding steroid dienone is 1. The zero-order valence-corrected chi connectivity index (χ0v) is 18.1. The largest absolute Gasteiger partial charge is 0.478 e. The minimum Gasteiger partial charge on any atom is -0.478 e. The molecule has 0 aliphatic rings. The lowest BCUT2D eigenvalue weighted by Crippen LogP contribution is -2.14. The third-order valence-electron chi connectivity index (χ3n) is 3.33. The molecular formula is C22H34N2O5.